The van der Waals surface area contributed by atoms with E-state index in [4.69, 9.17) is 22.1 Å². The van der Waals surface area contributed by atoms with E-state index in [2.05, 4.69) is 0 Å². The van der Waals surface area contributed by atoms with Crippen molar-refractivity contribution < 1.29 is 24.2 Å². The van der Waals surface area contributed by atoms with Crippen LogP contribution in [-0.2, 0) is 17.6 Å². The molecule has 0 radical (unpaired) electrons. The molecule has 0 aliphatic rings. The Bertz CT molecular complexity index is 1130. The average molecular weight is 520 g/mol. The van der Waals surface area contributed by atoms with Gasteiger partial charge in [-0.2, -0.15) is 0 Å². The Morgan fingerprint density at radius 1 is 1.03 bits per heavy atom. The van der Waals surface area contributed by atoms with Gasteiger partial charge in [0, 0.05) is 20.4 Å². The lowest BCUT2D eigenvalue weighted by Crippen LogP contribution is -2.49. The highest BCUT2D eigenvalue weighted by molar-refractivity contribution is 7.99. The van der Waals surface area contributed by atoms with Crippen LogP contribution >= 0.6 is 31.0 Å². The number of halogens is 1. The van der Waals surface area contributed by atoms with Gasteiger partial charge in [0.25, 0.3) is 0 Å². The summed E-state index contributed by atoms with van der Waals surface area (Å²) in [6.45, 7) is -0.0735. The summed E-state index contributed by atoms with van der Waals surface area (Å²) in [7, 11) is -4.81. The van der Waals surface area contributed by atoms with Crippen LogP contribution in [0.2, 0.25) is 5.02 Å². The zero-order valence-electron chi connectivity index (χ0n) is 18.6. The Kier molecular flexibility index (Phi) is 9.63. The summed E-state index contributed by atoms with van der Waals surface area (Å²) in [6, 6.07) is 23.6. The molecular formula is C25H27ClNO5PS-2. The Morgan fingerprint density at radius 2 is 1.76 bits per heavy atom. The molecule has 0 heterocycles. The van der Waals surface area contributed by atoms with Crippen LogP contribution < -0.4 is 20.3 Å². The lowest BCUT2D eigenvalue weighted by Gasteiger charge is -2.39. The fourth-order valence-corrected chi connectivity index (χ4v) is 5.80. The molecule has 3 aromatic carbocycles. The predicted molar refractivity (Wildman–Crippen MR) is 132 cm³/mol. The van der Waals surface area contributed by atoms with Crippen molar-refractivity contribution in [2.45, 2.75) is 41.2 Å². The summed E-state index contributed by atoms with van der Waals surface area (Å²) >= 11 is 8.04. The molecule has 0 saturated carbocycles. The van der Waals surface area contributed by atoms with Crippen molar-refractivity contribution >= 4 is 31.0 Å². The van der Waals surface area contributed by atoms with Crippen molar-refractivity contribution in [2.75, 3.05) is 12.8 Å². The molecule has 182 valence electrons. The van der Waals surface area contributed by atoms with Crippen molar-refractivity contribution in [3.8, 4) is 5.75 Å². The van der Waals surface area contributed by atoms with E-state index in [9.17, 15) is 19.5 Å². The van der Waals surface area contributed by atoms with Crippen LogP contribution in [-0.4, -0.2) is 23.4 Å². The van der Waals surface area contributed by atoms with Gasteiger partial charge < -0.3 is 29.9 Å². The normalized spacial score (nSPS) is 13.4. The highest BCUT2D eigenvalue weighted by Gasteiger charge is 2.25. The fourth-order valence-electron chi connectivity index (χ4n) is 3.52. The molecule has 0 bridgehead atoms. The molecule has 3 rings (SSSR count). The van der Waals surface area contributed by atoms with E-state index < -0.39 is 25.9 Å². The van der Waals surface area contributed by atoms with Crippen LogP contribution in [0.5, 0.6) is 5.75 Å². The Balaban J connectivity index is 1.56. The van der Waals surface area contributed by atoms with Crippen molar-refractivity contribution in [3.63, 3.8) is 0 Å². The molecule has 6 nitrogen and oxygen atoms in total. The highest BCUT2D eigenvalue weighted by Crippen LogP contribution is 2.34. The molecule has 0 amide bonds. The lowest BCUT2D eigenvalue weighted by molar-refractivity contribution is -0.314. The summed E-state index contributed by atoms with van der Waals surface area (Å²) in [5.41, 5.74) is 6.45. The molecule has 0 fully saturated rings. The van der Waals surface area contributed by atoms with Gasteiger partial charge in [0.1, 0.15) is 12.4 Å². The SMILES string of the molecule is NC(CO)(CCCc1ccc(Sc2cccc(OCc3ccccc3)c2)cc1Cl)CP(=O)([O-])[O-]. The van der Waals surface area contributed by atoms with E-state index in [0.29, 0.717) is 24.5 Å². The smallest absolute Gasteiger partial charge is 0.120 e. The summed E-state index contributed by atoms with van der Waals surface area (Å²) in [4.78, 5) is 24.1. The average Bonchev–Trinajstić information content (AvgIpc) is 2.79. The quantitative estimate of drug-likeness (QED) is 0.347. The number of aryl methyl sites for hydroxylation is 1. The van der Waals surface area contributed by atoms with E-state index in [0.717, 1.165) is 26.7 Å². The first-order valence-electron chi connectivity index (χ1n) is 10.8. The molecule has 0 saturated heterocycles. The first-order valence-corrected chi connectivity index (χ1v) is 13.7. The van der Waals surface area contributed by atoms with E-state index in [1.807, 2.05) is 72.8 Å². The third-order valence-corrected chi connectivity index (χ3v) is 7.61. The monoisotopic (exact) mass is 519 g/mol. The molecular weight excluding hydrogens is 493 g/mol. The zero-order valence-corrected chi connectivity index (χ0v) is 21.0. The lowest BCUT2D eigenvalue weighted by atomic mass is 9.95. The third kappa shape index (κ3) is 8.75. The minimum absolute atomic E-state index is 0.195. The van der Waals surface area contributed by atoms with Crippen LogP contribution in [0.15, 0.2) is 82.6 Å². The standard InChI is InChI=1S/C25H29ClNO5PS/c26-24-15-23(12-11-20(24)8-5-13-25(27,17-28)18-33(29,30)31)34-22-10-4-9-21(14-22)32-16-19-6-2-1-3-7-19/h1-4,6-7,9-12,14-15,28H,5,8,13,16-18,27H2,(H2,29,30,31)/p-2. The molecule has 0 spiro atoms. The molecule has 0 aromatic heterocycles. The Labute approximate surface area is 209 Å². The maximum Gasteiger partial charge on any atom is 0.120 e. The molecule has 0 aliphatic heterocycles. The van der Waals surface area contributed by atoms with Gasteiger partial charge in [-0.25, -0.2) is 0 Å². The van der Waals surface area contributed by atoms with E-state index in [1.54, 1.807) is 11.8 Å². The summed E-state index contributed by atoms with van der Waals surface area (Å²) in [5.74, 6) is 0.784. The van der Waals surface area contributed by atoms with E-state index in [1.165, 1.54) is 0 Å². The van der Waals surface area contributed by atoms with Crippen molar-refractivity contribution in [3.05, 3.63) is 88.9 Å². The summed E-state index contributed by atoms with van der Waals surface area (Å²) in [5, 5.41) is 10.0. The first-order chi connectivity index (χ1) is 16.2. The van der Waals surface area contributed by atoms with Crippen LogP contribution in [0.3, 0.4) is 0 Å². The van der Waals surface area contributed by atoms with Crippen molar-refractivity contribution in [1.29, 1.82) is 0 Å². The van der Waals surface area contributed by atoms with Crippen LogP contribution in [0.4, 0.5) is 0 Å². The number of nitrogens with two attached hydrogens (primary N) is 1. The van der Waals surface area contributed by atoms with Gasteiger partial charge in [0.05, 0.1) is 6.61 Å². The Morgan fingerprint density at radius 3 is 2.44 bits per heavy atom. The molecule has 3 N–H and O–H groups in total. The fraction of sp³-hybridized carbons (Fsp3) is 0.280. The van der Waals surface area contributed by atoms with Gasteiger partial charge in [-0.05, 0) is 66.9 Å². The molecule has 9 heteroatoms. The van der Waals surface area contributed by atoms with Gasteiger partial charge in [0.15, 0.2) is 0 Å². The van der Waals surface area contributed by atoms with E-state index in [-0.39, 0.29) is 6.42 Å². The zero-order chi connectivity index (χ0) is 24.6. The summed E-state index contributed by atoms with van der Waals surface area (Å²) < 4.78 is 17.0. The molecule has 3 aromatic rings. The number of aliphatic hydroxyl groups excluding tert-OH is 1. The maximum atomic E-state index is 11.1. The van der Waals surface area contributed by atoms with Crippen molar-refractivity contribution in [2.24, 2.45) is 5.73 Å². The minimum Gasteiger partial charge on any atom is -0.811 e. The van der Waals surface area contributed by atoms with Crippen LogP contribution in [0.1, 0.15) is 24.0 Å². The second-order valence-electron chi connectivity index (χ2n) is 8.25. The van der Waals surface area contributed by atoms with Gasteiger partial charge in [-0.3, -0.25) is 0 Å². The van der Waals surface area contributed by atoms with Gasteiger partial charge in [0.2, 0.25) is 0 Å². The second-order valence-corrected chi connectivity index (χ2v) is 11.3. The number of benzene rings is 3. The highest BCUT2D eigenvalue weighted by atomic mass is 35.5. The van der Waals surface area contributed by atoms with Crippen LogP contribution in [0.25, 0.3) is 0 Å². The number of aliphatic hydroxyl groups is 1. The molecule has 0 aliphatic carbocycles. The topological polar surface area (TPSA) is 119 Å². The number of ether oxygens (including phenoxy) is 1. The Hall–Kier alpha value is -1.83. The number of rotatable bonds is 12. The molecule has 1 unspecified atom stereocenters. The number of hydrogen-bond acceptors (Lipinski definition) is 7. The van der Waals surface area contributed by atoms with Gasteiger partial charge >= 0.3 is 0 Å². The summed E-state index contributed by atoms with van der Waals surface area (Å²) in [6.07, 6.45) is 0.464. The minimum atomic E-state index is -4.81. The van der Waals surface area contributed by atoms with Gasteiger partial charge in [-0.15, -0.1) is 0 Å². The molecule has 34 heavy (non-hydrogen) atoms. The maximum absolute atomic E-state index is 11.1. The van der Waals surface area contributed by atoms with Gasteiger partial charge in [-0.1, -0.05) is 73.4 Å². The third-order valence-electron chi connectivity index (χ3n) is 5.26. The van der Waals surface area contributed by atoms with E-state index >= 15 is 0 Å². The van der Waals surface area contributed by atoms with Crippen molar-refractivity contribution in [1.82, 2.24) is 0 Å². The number of hydrogen-bond donors (Lipinski definition) is 2. The second kappa shape index (κ2) is 12.2. The largest absolute Gasteiger partial charge is 0.811 e. The molecule has 1 atom stereocenters. The predicted octanol–water partition coefficient (Wildman–Crippen LogP) is 4.00. The first kappa shape index (κ1) is 26.8. The van der Waals surface area contributed by atoms with Crippen LogP contribution in [0, 0.1) is 0 Å².